The van der Waals surface area contributed by atoms with E-state index in [4.69, 9.17) is 4.74 Å². The molecule has 1 saturated heterocycles. The number of likely N-dealkylation sites (tertiary alicyclic amines) is 1. The van der Waals surface area contributed by atoms with Gasteiger partial charge in [-0.1, -0.05) is 12.1 Å². The number of aromatic amines is 1. The molecule has 3 heterocycles. The van der Waals surface area contributed by atoms with Gasteiger partial charge in [0.2, 0.25) is 5.95 Å². The Balaban J connectivity index is 1.40. The third kappa shape index (κ3) is 3.08. The van der Waals surface area contributed by atoms with Crippen molar-refractivity contribution in [3.05, 3.63) is 54.5 Å². The van der Waals surface area contributed by atoms with E-state index in [0.29, 0.717) is 36.2 Å². The summed E-state index contributed by atoms with van der Waals surface area (Å²) in [6, 6.07) is 11.2. The highest BCUT2D eigenvalue weighted by Crippen LogP contribution is 2.28. The van der Waals surface area contributed by atoms with E-state index in [2.05, 4.69) is 25.5 Å². The molecular formula is C18H18N6O2. The van der Waals surface area contributed by atoms with Crippen molar-refractivity contribution < 1.29 is 9.53 Å². The Morgan fingerprint density at radius 3 is 2.77 bits per heavy atom. The predicted molar refractivity (Wildman–Crippen MR) is 95.9 cm³/mol. The first-order valence-corrected chi connectivity index (χ1v) is 8.26. The molecule has 1 aromatic carbocycles. The molecular weight excluding hydrogens is 332 g/mol. The number of amides is 1. The number of aromatic nitrogens is 4. The van der Waals surface area contributed by atoms with Crippen LogP contribution in [0, 0.1) is 0 Å². The molecule has 0 aliphatic carbocycles. The van der Waals surface area contributed by atoms with Gasteiger partial charge < -0.3 is 15.0 Å². The van der Waals surface area contributed by atoms with Crippen LogP contribution in [0.3, 0.4) is 0 Å². The topological polar surface area (TPSA) is 96.0 Å². The van der Waals surface area contributed by atoms with Crippen LogP contribution in [0.2, 0.25) is 0 Å². The number of para-hydroxylation sites is 1. The van der Waals surface area contributed by atoms with Gasteiger partial charge in [0, 0.05) is 31.0 Å². The monoisotopic (exact) mass is 350 g/mol. The highest BCUT2D eigenvalue weighted by molar-refractivity contribution is 5.94. The van der Waals surface area contributed by atoms with Crippen molar-refractivity contribution in [3.8, 4) is 17.0 Å². The van der Waals surface area contributed by atoms with Gasteiger partial charge in [0.15, 0.2) is 0 Å². The van der Waals surface area contributed by atoms with E-state index in [1.54, 1.807) is 36.5 Å². The third-order valence-electron chi connectivity index (χ3n) is 4.26. The van der Waals surface area contributed by atoms with Crippen LogP contribution in [-0.2, 0) is 0 Å². The van der Waals surface area contributed by atoms with Crippen LogP contribution >= 0.6 is 0 Å². The van der Waals surface area contributed by atoms with Crippen LogP contribution < -0.4 is 10.1 Å². The zero-order valence-electron chi connectivity index (χ0n) is 14.2. The second-order valence-electron chi connectivity index (χ2n) is 5.99. The second kappa shape index (κ2) is 6.83. The maximum absolute atomic E-state index is 12.6. The maximum Gasteiger partial charge on any atom is 0.272 e. The van der Waals surface area contributed by atoms with E-state index < -0.39 is 0 Å². The number of methoxy groups -OCH3 is 1. The number of H-pyrrole nitrogens is 1. The summed E-state index contributed by atoms with van der Waals surface area (Å²) < 4.78 is 5.35. The van der Waals surface area contributed by atoms with Crippen molar-refractivity contribution in [1.82, 2.24) is 25.1 Å². The zero-order chi connectivity index (χ0) is 17.9. The lowest BCUT2D eigenvalue weighted by Gasteiger charge is -2.39. The largest absolute Gasteiger partial charge is 0.496 e. The molecule has 1 aliphatic rings. The fourth-order valence-electron chi connectivity index (χ4n) is 2.89. The van der Waals surface area contributed by atoms with E-state index in [0.717, 1.165) is 5.56 Å². The van der Waals surface area contributed by atoms with Crippen LogP contribution in [0.4, 0.5) is 5.95 Å². The van der Waals surface area contributed by atoms with E-state index in [-0.39, 0.29) is 11.9 Å². The van der Waals surface area contributed by atoms with Gasteiger partial charge in [0.05, 0.1) is 18.8 Å². The number of hydrogen-bond donors (Lipinski definition) is 2. The number of nitrogens with one attached hydrogen (secondary N) is 2. The fraction of sp³-hybridized carbons (Fsp3) is 0.222. The van der Waals surface area contributed by atoms with Crippen LogP contribution in [0.5, 0.6) is 5.75 Å². The van der Waals surface area contributed by atoms with E-state index in [9.17, 15) is 4.79 Å². The van der Waals surface area contributed by atoms with Crippen LogP contribution in [-0.4, -0.2) is 57.2 Å². The smallest absolute Gasteiger partial charge is 0.272 e. The quantitative estimate of drug-likeness (QED) is 0.729. The average molecular weight is 350 g/mol. The summed E-state index contributed by atoms with van der Waals surface area (Å²) in [6.07, 6.45) is 3.36. The number of rotatable bonds is 5. The van der Waals surface area contributed by atoms with Crippen molar-refractivity contribution in [1.29, 1.82) is 0 Å². The van der Waals surface area contributed by atoms with Gasteiger partial charge in [-0.15, -0.1) is 0 Å². The van der Waals surface area contributed by atoms with Crippen LogP contribution in [0.15, 0.2) is 48.8 Å². The molecule has 4 rings (SSSR count). The Labute approximate surface area is 150 Å². The lowest BCUT2D eigenvalue weighted by atomic mass is 10.1. The lowest BCUT2D eigenvalue weighted by molar-refractivity contribution is 0.0618. The summed E-state index contributed by atoms with van der Waals surface area (Å²) in [7, 11) is 1.61. The Morgan fingerprint density at radius 2 is 2.00 bits per heavy atom. The summed E-state index contributed by atoms with van der Waals surface area (Å²) >= 11 is 0. The Bertz CT molecular complexity index is 905. The molecule has 0 unspecified atom stereocenters. The molecule has 2 N–H and O–H groups in total. The van der Waals surface area contributed by atoms with Gasteiger partial charge in [0.1, 0.15) is 11.4 Å². The molecule has 0 bridgehead atoms. The van der Waals surface area contributed by atoms with Crippen molar-refractivity contribution in [2.75, 3.05) is 25.5 Å². The van der Waals surface area contributed by atoms with Crippen LogP contribution in [0.25, 0.3) is 11.3 Å². The highest BCUT2D eigenvalue weighted by Gasteiger charge is 2.32. The Hall–Kier alpha value is -3.42. The van der Waals surface area contributed by atoms with Crippen molar-refractivity contribution in [2.45, 2.75) is 6.04 Å². The molecule has 0 saturated carbocycles. The maximum atomic E-state index is 12.6. The minimum absolute atomic E-state index is 0.0781. The molecule has 0 radical (unpaired) electrons. The predicted octanol–water partition coefficient (Wildman–Crippen LogP) is 1.81. The molecule has 0 atom stereocenters. The third-order valence-corrected chi connectivity index (χ3v) is 4.26. The van der Waals surface area contributed by atoms with Gasteiger partial charge in [-0.25, -0.2) is 9.97 Å². The van der Waals surface area contributed by atoms with Crippen LogP contribution in [0.1, 0.15) is 10.5 Å². The van der Waals surface area contributed by atoms with Crippen molar-refractivity contribution in [2.24, 2.45) is 0 Å². The zero-order valence-corrected chi connectivity index (χ0v) is 14.2. The molecule has 1 aliphatic heterocycles. The highest BCUT2D eigenvalue weighted by atomic mass is 16.5. The summed E-state index contributed by atoms with van der Waals surface area (Å²) in [5.74, 6) is 1.21. The van der Waals surface area contributed by atoms with Crippen molar-refractivity contribution >= 4 is 11.9 Å². The summed E-state index contributed by atoms with van der Waals surface area (Å²) in [4.78, 5) is 22.6. The summed E-state index contributed by atoms with van der Waals surface area (Å²) in [5.41, 5.74) is 1.98. The molecule has 8 nitrogen and oxygen atoms in total. The number of nitrogens with zero attached hydrogens (tertiary/aromatic N) is 4. The molecule has 132 valence electrons. The minimum Gasteiger partial charge on any atom is -0.496 e. The number of carbonyl (C=O) groups is 1. The van der Waals surface area contributed by atoms with E-state index in [1.807, 2.05) is 24.3 Å². The molecule has 1 fully saturated rings. The lowest BCUT2D eigenvalue weighted by Crippen LogP contribution is -2.57. The Kier molecular flexibility index (Phi) is 4.22. The average Bonchev–Trinajstić information content (AvgIpc) is 3.14. The van der Waals surface area contributed by atoms with E-state index in [1.165, 1.54) is 0 Å². The first kappa shape index (κ1) is 16.1. The van der Waals surface area contributed by atoms with Gasteiger partial charge in [0.25, 0.3) is 5.91 Å². The number of carbonyl (C=O) groups excluding carboxylic acids is 1. The SMILES string of the molecule is COc1ccccc1-c1cc(C(=O)N2CC(Nc3ncccn3)C2)[nH]n1. The summed E-state index contributed by atoms with van der Waals surface area (Å²) in [6.45, 7) is 1.19. The van der Waals surface area contributed by atoms with Gasteiger partial charge in [-0.2, -0.15) is 5.10 Å². The minimum atomic E-state index is -0.0781. The fourth-order valence-corrected chi connectivity index (χ4v) is 2.89. The van der Waals surface area contributed by atoms with Gasteiger partial charge in [-0.3, -0.25) is 9.89 Å². The summed E-state index contributed by atoms with van der Waals surface area (Å²) in [5, 5.41) is 10.3. The van der Waals surface area contributed by atoms with Crippen molar-refractivity contribution in [3.63, 3.8) is 0 Å². The normalized spacial score (nSPS) is 14.0. The number of ether oxygens (including phenoxy) is 1. The number of hydrogen-bond acceptors (Lipinski definition) is 6. The Morgan fingerprint density at radius 1 is 1.23 bits per heavy atom. The molecule has 2 aromatic heterocycles. The molecule has 0 spiro atoms. The van der Waals surface area contributed by atoms with Gasteiger partial charge >= 0.3 is 0 Å². The molecule has 3 aromatic rings. The number of benzene rings is 1. The second-order valence-corrected chi connectivity index (χ2v) is 5.99. The first-order chi connectivity index (χ1) is 12.7. The molecule has 26 heavy (non-hydrogen) atoms. The number of anilines is 1. The molecule has 8 heteroatoms. The first-order valence-electron chi connectivity index (χ1n) is 8.26. The van der Waals surface area contributed by atoms with E-state index >= 15 is 0 Å². The standard InChI is InChI=1S/C18H18N6O2/c1-26-16-6-3-2-5-13(16)14-9-15(23-22-14)17(25)24-10-12(11-24)21-18-19-7-4-8-20-18/h2-9,12H,10-11H2,1H3,(H,22,23)(H,19,20,21). The molecule has 1 amide bonds. The van der Waals surface area contributed by atoms with Gasteiger partial charge in [-0.05, 0) is 24.3 Å².